The molecule has 2 aromatic carbocycles. The average Bonchev–Trinajstić information content (AvgIpc) is 2.76. The van der Waals surface area contributed by atoms with E-state index >= 15 is 0 Å². The van der Waals surface area contributed by atoms with Crippen LogP contribution in [-0.2, 0) is 4.74 Å². The molecular formula is C23H33N3O2S. The van der Waals surface area contributed by atoms with Crippen LogP contribution in [0.5, 0.6) is 0 Å². The van der Waals surface area contributed by atoms with Gasteiger partial charge in [-0.05, 0) is 29.7 Å². The van der Waals surface area contributed by atoms with Gasteiger partial charge in [0, 0.05) is 62.8 Å². The number of hydrogen-bond donors (Lipinski definition) is 2. The molecular weight excluding hydrogens is 382 g/mol. The van der Waals surface area contributed by atoms with Crippen molar-refractivity contribution < 1.29 is 9.53 Å². The predicted molar refractivity (Wildman–Crippen MR) is 123 cm³/mol. The summed E-state index contributed by atoms with van der Waals surface area (Å²) in [6.45, 7) is 6.66. The summed E-state index contributed by atoms with van der Waals surface area (Å²) in [7, 11) is 0. The van der Waals surface area contributed by atoms with Gasteiger partial charge in [0.15, 0.2) is 0 Å². The third kappa shape index (κ3) is 5.72. The molecule has 2 aromatic rings. The molecule has 29 heavy (non-hydrogen) atoms. The number of hydrogen-bond acceptors (Lipinski definition) is 5. The highest BCUT2D eigenvalue weighted by Crippen LogP contribution is 2.22. The minimum atomic E-state index is 0.0395. The number of carbonyl (C=O) groups is 1. The Morgan fingerprint density at radius 2 is 2.00 bits per heavy atom. The molecule has 2 N–H and O–H groups in total. The number of benzene rings is 2. The first kappa shape index (κ1) is 22.1. The molecule has 3 rings (SSSR count). The molecule has 0 spiro atoms. The van der Waals surface area contributed by atoms with E-state index in [9.17, 15) is 4.79 Å². The van der Waals surface area contributed by atoms with Gasteiger partial charge in [-0.15, -0.1) is 0 Å². The van der Waals surface area contributed by atoms with E-state index in [2.05, 4.69) is 36.6 Å². The summed E-state index contributed by atoms with van der Waals surface area (Å²) in [4.78, 5) is 17.8. The number of carbonyl (C=O) groups excluding carboxylic acids is 1. The topological polar surface area (TPSA) is 58.8 Å². The molecule has 1 saturated heterocycles. The Hall–Kier alpha value is -1.60. The van der Waals surface area contributed by atoms with Crippen molar-refractivity contribution in [2.24, 2.45) is 5.73 Å². The lowest BCUT2D eigenvalue weighted by molar-refractivity contribution is 0.0339. The molecule has 1 heterocycles. The number of nitrogens with zero attached hydrogens (tertiary/aromatic N) is 2. The molecule has 0 aromatic heterocycles. The number of amides is 1. The number of piperazine rings is 1. The van der Waals surface area contributed by atoms with Crippen LogP contribution in [0.2, 0.25) is 0 Å². The van der Waals surface area contributed by atoms with Crippen LogP contribution in [0.1, 0.15) is 30.1 Å². The van der Waals surface area contributed by atoms with E-state index in [0.29, 0.717) is 25.4 Å². The van der Waals surface area contributed by atoms with Gasteiger partial charge in [-0.3, -0.25) is 9.69 Å². The van der Waals surface area contributed by atoms with Crippen LogP contribution in [-0.4, -0.2) is 72.9 Å². The Balaban J connectivity index is 1.73. The minimum absolute atomic E-state index is 0.0395. The first-order chi connectivity index (χ1) is 14.1. The van der Waals surface area contributed by atoms with Crippen molar-refractivity contribution in [3.63, 3.8) is 0 Å². The summed E-state index contributed by atoms with van der Waals surface area (Å²) in [5.74, 6) is 0.771. The van der Waals surface area contributed by atoms with Gasteiger partial charge in [-0.25, -0.2) is 0 Å². The zero-order chi connectivity index (χ0) is 20.6. The SMILES string of the molecule is CCCOCCC1CN(C(=O)c2cccc3ccccc23)CCN1CC(N)CS. The molecule has 0 radical (unpaired) electrons. The summed E-state index contributed by atoms with van der Waals surface area (Å²) < 4.78 is 5.73. The third-order valence-electron chi connectivity index (χ3n) is 5.56. The zero-order valence-corrected chi connectivity index (χ0v) is 18.2. The fraction of sp³-hybridized carbons (Fsp3) is 0.522. The largest absolute Gasteiger partial charge is 0.381 e. The number of fused-ring (bicyclic) bond motifs is 1. The van der Waals surface area contributed by atoms with Crippen LogP contribution < -0.4 is 5.73 Å². The lowest BCUT2D eigenvalue weighted by atomic mass is 10.0. The second kappa shape index (κ2) is 11.0. The summed E-state index contributed by atoms with van der Waals surface area (Å²) in [5, 5.41) is 2.11. The number of rotatable bonds is 9. The molecule has 0 saturated carbocycles. The maximum Gasteiger partial charge on any atom is 0.254 e. The van der Waals surface area contributed by atoms with Crippen LogP contribution >= 0.6 is 12.6 Å². The quantitative estimate of drug-likeness (QED) is 0.488. The van der Waals surface area contributed by atoms with Gasteiger partial charge in [0.25, 0.3) is 5.91 Å². The van der Waals surface area contributed by atoms with E-state index in [1.807, 2.05) is 35.2 Å². The van der Waals surface area contributed by atoms with Crippen molar-refractivity contribution in [2.75, 3.05) is 45.1 Å². The monoisotopic (exact) mass is 415 g/mol. The van der Waals surface area contributed by atoms with Gasteiger partial charge in [0.1, 0.15) is 0 Å². The van der Waals surface area contributed by atoms with Crippen molar-refractivity contribution in [3.05, 3.63) is 48.0 Å². The van der Waals surface area contributed by atoms with E-state index in [4.69, 9.17) is 10.5 Å². The molecule has 1 aliphatic rings. The Morgan fingerprint density at radius 1 is 1.21 bits per heavy atom. The van der Waals surface area contributed by atoms with Crippen molar-refractivity contribution in [1.82, 2.24) is 9.80 Å². The number of ether oxygens (including phenoxy) is 1. The van der Waals surface area contributed by atoms with Crippen LogP contribution in [0.15, 0.2) is 42.5 Å². The van der Waals surface area contributed by atoms with Gasteiger partial charge in [0.2, 0.25) is 0 Å². The maximum atomic E-state index is 13.4. The average molecular weight is 416 g/mol. The predicted octanol–water partition coefficient (Wildman–Crippen LogP) is 3.04. The summed E-state index contributed by atoms with van der Waals surface area (Å²) in [6.07, 6.45) is 1.92. The molecule has 0 aliphatic carbocycles. The van der Waals surface area contributed by atoms with Crippen molar-refractivity contribution in [3.8, 4) is 0 Å². The minimum Gasteiger partial charge on any atom is -0.381 e. The number of thiol groups is 1. The van der Waals surface area contributed by atoms with E-state index in [0.717, 1.165) is 48.9 Å². The van der Waals surface area contributed by atoms with Crippen molar-refractivity contribution >= 4 is 29.3 Å². The standard InChI is InChI=1S/C23H33N3O2S/c1-2-13-28-14-10-20-16-26(12-11-25(20)15-19(24)17-29)23(27)22-9-5-7-18-6-3-4-8-21(18)22/h3-9,19-20,29H,2,10-17,24H2,1H3. The van der Waals surface area contributed by atoms with Crippen LogP contribution in [0.25, 0.3) is 10.8 Å². The summed E-state index contributed by atoms with van der Waals surface area (Å²) >= 11 is 4.33. The Morgan fingerprint density at radius 3 is 2.79 bits per heavy atom. The Kier molecular flexibility index (Phi) is 8.36. The van der Waals surface area contributed by atoms with E-state index in [1.54, 1.807) is 0 Å². The number of nitrogens with two attached hydrogens (primary N) is 1. The molecule has 2 atom stereocenters. The molecule has 1 amide bonds. The van der Waals surface area contributed by atoms with Crippen LogP contribution in [0.3, 0.4) is 0 Å². The first-order valence-corrected chi connectivity index (χ1v) is 11.2. The summed E-state index contributed by atoms with van der Waals surface area (Å²) in [6, 6.07) is 14.3. The molecule has 0 bridgehead atoms. The van der Waals surface area contributed by atoms with Gasteiger partial charge in [-0.2, -0.15) is 12.6 Å². The summed E-state index contributed by atoms with van der Waals surface area (Å²) in [5.41, 5.74) is 6.94. The van der Waals surface area contributed by atoms with Crippen molar-refractivity contribution in [1.29, 1.82) is 0 Å². The van der Waals surface area contributed by atoms with Gasteiger partial charge >= 0.3 is 0 Å². The lowest BCUT2D eigenvalue weighted by Gasteiger charge is -2.42. The van der Waals surface area contributed by atoms with Gasteiger partial charge in [0.05, 0.1) is 0 Å². The van der Waals surface area contributed by atoms with Crippen molar-refractivity contribution in [2.45, 2.75) is 31.8 Å². The Labute approximate surface area is 179 Å². The highest BCUT2D eigenvalue weighted by atomic mass is 32.1. The first-order valence-electron chi connectivity index (χ1n) is 10.6. The molecule has 1 aliphatic heterocycles. The Bertz CT molecular complexity index is 795. The van der Waals surface area contributed by atoms with Gasteiger partial charge < -0.3 is 15.4 Å². The molecule has 2 unspecified atom stereocenters. The van der Waals surface area contributed by atoms with E-state index in [-0.39, 0.29) is 18.0 Å². The maximum absolute atomic E-state index is 13.4. The highest BCUT2D eigenvalue weighted by molar-refractivity contribution is 7.80. The lowest BCUT2D eigenvalue weighted by Crippen LogP contribution is -2.57. The normalized spacial score (nSPS) is 18.9. The smallest absolute Gasteiger partial charge is 0.254 e. The molecule has 158 valence electrons. The highest BCUT2D eigenvalue weighted by Gasteiger charge is 2.31. The fourth-order valence-corrected chi connectivity index (χ4v) is 4.11. The molecule has 6 heteroatoms. The van der Waals surface area contributed by atoms with E-state index < -0.39 is 0 Å². The molecule has 5 nitrogen and oxygen atoms in total. The third-order valence-corrected chi connectivity index (χ3v) is 6.03. The zero-order valence-electron chi connectivity index (χ0n) is 17.3. The van der Waals surface area contributed by atoms with Gasteiger partial charge in [-0.1, -0.05) is 43.3 Å². The van der Waals surface area contributed by atoms with Crippen LogP contribution in [0, 0.1) is 0 Å². The second-order valence-electron chi connectivity index (χ2n) is 7.77. The molecule has 1 fully saturated rings. The van der Waals surface area contributed by atoms with Crippen LogP contribution in [0.4, 0.5) is 0 Å². The second-order valence-corrected chi connectivity index (χ2v) is 8.14. The van der Waals surface area contributed by atoms with E-state index in [1.165, 1.54) is 0 Å². The fourth-order valence-electron chi connectivity index (χ4n) is 4.00.